The molecule has 1 aliphatic carbocycles. The van der Waals surface area contributed by atoms with E-state index >= 15 is 0 Å². The zero-order valence-corrected chi connectivity index (χ0v) is 12.3. The van der Waals surface area contributed by atoms with Crippen LogP contribution in [0, 0.1) is 0 Å². The summed E-state index contributed by atoms with van der Waals surface area (Å²) >= 11 is 0. The van der Waals surface area contributed by atoms with Gasteiger partial charge in [-0.2, -0.15) is 0 Å². The van der Waals surface area contributed by atoms with Crippen molar-refractivity contribution in [2.75, 3.05) is 25.9 Å². The summed E-state index contributed by atoms with van der Waals surface area (Å²) in [5.41, 5.74) is 0. The van der Waals surface area contributed by atoms with Gasteiger partial charge in [-0.1, -0.05) is 0 Å². The quantitative estimate of drug-likeness (QED) is 0.763. The van der Waals surface area contributed by atoms with E-state index in [2.05, 4.69) is 5.32 Å². The molecule has 5 nitrogen and oxygen atoms in total. The van der Waals surface area contributed by atoms with E-state index in [1.807, 2.05) is 20.9 Å². The van der Waals surface area contributed by atoms with E-state index < -0.39 is 9.84 Å². The van der Waals surface area contributed by atoms with Gasteiger partial charge in [0.25, 0.3) is 0 Å². The van der Waals surface area contributed by atoms with Gasteiger partial charge in [0, 0.05) is 19.1 Å². The molecule has 0 aromatic rings. The fourth-order valence-corrected chi connectivity index (χ4v) is 4.27. The summed E-state index contributed by atoms with van der Waals surface area (Å²) in [6, 6.07) is 0.272. The van der Waals surface area contributed by atoms with Crippen molar-refractivity contribution in [2.45, 2.75) is 44.4 Å². The van der Waals surface area contributed by atoms with Crippen LogP contribution in [-0.4, -0.2) is 56.4 Å². The number of amides is 1. The smallest absolute Gasteiger partial charge is 0.237 e. The highest BCUT2D eigenvalue weighted by Crippen LogP contribution is 2.25. The van der Waals surface area contributed by atoms with E-state index in [9.17, 15) is 13.2 Å². The molecule has 18 heavy (non-hydrogen) atoms. The number of carbonyl (C=O) groups is 1. The number of carbonyl (C=O) groups excluding carboxylic acids is 1. The monoisotopic (exact) mass is 276 g/mol. The van der Waals surface area contributed by atoms with Gasteiger partial charge in [-0.25, -0.2) is 8.42 Å². The van der Waals surface area contributed by atoms with Gasteiger partial charge >= 0.3 is 0 Å². The third kappa shape index (κ3) is 3.68. The first-order valence-electron chi connectivity index (χ1n) is 6.61. The highest BCUT2D eigenvalue weighted by atomic mass is 32.2. The van der Waals surface area contributed by atoms with E-state index in [0.717, 1.165) is 6.42 Å². The van der Waals surface area contributed by atoms with E-state index in [1.165, 1.54) is 0 Å². The number of hydrogen-bond donors (Lipinski definition) is 1. The zero-order chi connectivity index (χ0) is 13.8. The zero-order valence-electron chi connectivity index (χ0n) is 11.5. The van der Waals surface area contributed by atoms with Crippen LogP contribution in [0.2, 0.25) is 0 Å². The van der Waals surface area contributed by atoms with Crippen LogP contribution in [0.1, 0.15) is 33.1 Å². The Morgan fingerprint density at radius 3 is 2.33 bits per heavy atom. The molecule has 0 radical (unpaired) electrons. The van der Waals surface area contributed by atoms with Crippen LogP contribution >= 0.6 is 0 Å². The average molecular weight is 276 g/mol. The summed E-state index contributed by atoms with van der Waals surface area (Å²) in [5, 5.41) is 2.75. The molecule has 0 bridgehead atoms. The van der Waals surface area contributed by atoms with E-state index in [0.29, 0.717) is 25.9 Å². The molecule has 0 spiro atoms. The van der Waals surface area contributed by atoms with Crippen molar-refractivity contribution in [1.29, 1.82) is 0 Å². The lowest BCUT2D eigenvalue weighted by atomic mass is 10.3. The fourth-order valence-electron chi connectivity index (χ4n) is 2.49. The molecule has 1 rings (SSSR count). The molecule has 1 N–H and O–H groups in total. The van der Waals surface area contributed by atoms with Crippen molar-refractivity contribution in [1.82, 2.24) is 10.2 Å². The largest absolute Gasteiger partial charge is 0.342 e. The minimum atomic E-state index is -3.30. The Kier molecular flexibility index (Phi) is 5.59. The lowest BCUT2D eigenvalue weighted by Gasteiger charge is -2.20. The second-order valence-corrected chi connectivity index (χ2v) is 7.07. The second-order valence-electron chi connectivity index (χ2n) is 4.79. The predicted octanol–water partition coefficient (Wildman–Crippen LogP) is 0.410. The summed E-state index contributed by atoms with van der Waals surface area (Å²) in [4.78, 5) is 13.4. The van der Waals surface area contributed by atoms with Gasteiger partial charge in [-0.15, -0.1) is 0 Å². The molecule has 0 saturated heterocycles. The van der Waals surface area contributed by atoms with Crippen LogP contribution in [0.5, 0.6) is 0 Å². The molecule has 2 unspecified atom stereocenters. The van der Waals surface area contributed by atoms with Gasteiger partial charge < -0.3 is 10.2 Å². The summed E-state index contributed by atoms with van der Waals surface area (Å²) in [6.45, 7) is 4.85. The summed E-state index contributed by atoms with van der Waals surface area (Å²) in [6.07, 6.45) is 2.17. The SMILES string of the molecule is CCN(CC)C(=O)CS(=O)(=O)C1CCC(NC)C1. The first-order valence-corrected chi connectivity index (χ1v) is 8.32. The molecule has 2 atom stereocenters. The maximum absolute atomic E-state index is 12.2. The molecule has 1 amide bonds. The summed E-state index contributed by atoms with van der Waals surface area (Å²) in [7, 11) is -1.45. The third-order valence-electron chi connectivity index (χ3n) is 3.74. The Balaban J connectivity index is 2.63. The first kappa shape index (κ1) is 15.4. The Morgan fingerprint density at radius 2 is 1.89 bits per heavy atom. The van der Waals surface area contributed by atoms with E-state index in [1.54, 1.807) is 4.90 Å². The molecular formula is C12H24N2O3S. The molecule has 0 heterocycles. The van der Waals surface area contributed by atoms with Crippen molar-refractivity contribution >= 4 is 15.7 Å². The number of rotatable bonds is 6. The fraction of sp³-hybridized carbons (Fsp3) is 0.917. The Hall–Kier alpha value is -0.620. The molecule has 1 saturated carbocycles. The topological polar surface area (TPSA) is 66.5 Å². The molecule has 6 heteroatoms. The van der Waals surface area contributed by atoms with Crippen LogP contribution < -0.4 is 5.32 Å². The Bertz CT molecular complexity index is 377. The molecule has 1 fully saturated rings. The summed E-state index contributed by atoms with van der Waals surface area (Å²) in [5.74, 6) is -0.608. The van der Waals surface area contributed by atoms with Crippen molar-refractivity contribution < 1.29 is 13.2 Å². The number of nitrogens with zero attached hydrogens (tertiary/aromatic N) is 1. The van der Waals surface area contributed by atoms with Crippen molar-refractivity contribution in [3.63, 3.8) is 0 Å². The minimum Gasteiger partial charge on any atom is -0.342 e. The van der Waals surface area contributed by atoms with E-state index in [4.69, 9.17) is 0 Å². The van der Waals surface area contributed by atoms with Crippen LogP contribution in [0.3, 0.4) is 0 Å². The van der Waals surface area contributed by atoms with Crippen molar-refractivity contribution in [3.05, 3.63) is 0 Å². The lowest BCUT2D eigenvalue weighted by molar-refractivity contribution is -0.128. The van der Waals surface area contributed by atoms with Crippen LogP contribution in [-0.2, 0) is 14.6 Å². The van der Waals surface area contributed by atoms with Gasteiger partial charge in [0.05, 0.1) is 5.25 Å². The second kappa shape index (κ2) is 6.52. The van der Waals surface area contributed by atoms with Gasteiger partial charge in [-0.05, 0) is 40.2 Å². The van der Waals surface area contributed by atoms with Gasteiger partial charge in [0.2, 0.25) is 5.91 Å². The molecule has 0 aromatic carbocycles. The number of hydrogen-bond acceptors (Lipinski definition) is 4. The minimum absolute atomic E-state index is 0.270. The van der Waals surface area contributed by atoms with Crippen LogP contribution in [0.4, 0.5) is 0 Å². The maximum atomic E-state index is 12.2. The van der Waals surface area contributed by atoms with Gasteiger partial charge in [0.15, 0.2) is 9.84 Å². The van der Waals surface area contributed by atoms with Crippen LogP contribution in [0.25, 0.3) is 0 Å². The van der Waals surface area contributed by atoms with Crippen molar-refractivity contribution in [3.8, 4) is 0 Å². The molecule has 1 aliphatic rings. The normalized spacial score (nSPS) is 24.2. The Morgan fingerprint density at radius 1 is 1.28 bits per heavy atom. The first-order chi connectivity index (χ1) is 8.44. The average Bonchev–Trinajstić information content (AvgIpc) is 2.79. The number of nitrogens with one attached hydrogen (secondary N) is 1. The highest BCUT2D eigenvalue weighted by molar-refractivity contribution is 7.92. The standard InChI is InChI=1S/C12H24N2O3S/c1-4-14(5-2)12(15)9-18(16,17)11-7-6-10(8-11)13-3/h10-11,13H,4-9H2,1-3H3. The molecular weight excluding hydrogens is 252 g/mol. The van der Waals surface area contributed by atoms with E-state index in [-0.39, 0.29) is 23.0 Å². The third-order valence-corrected chi connectivity index (χ3v) is 5.83. The van der Waals surface area contributed by atoms with Crippen molar-refractivity contribution in [2.24, 2.45) is 0 Å². The van der Waals surface area contributed by atoms with Gasteiger partial charge in [-0.3, -0.25) is 4.79 Å². The lowest BCUT2D eigenvalue weighted by Crippen LogP contribution is -2.38. The Labute approximate surface area is 110 Å². The molecule has 0 aromatic heterocycles. The van der Waals surface area contributed by atoms with Crippen LogP contribution in [0.15, 0.2) is 0 Å². The maximum Gasteiger partial charge on any atom is 0.237 e. The van der Waals surface area contributed by atoms with Gasteiger partial charge in [0.1, 0.15) is 5.75 Å². The predicted molar refractivity (Wildman–Crippen MR) is 72.2 cm³/mol. The number of sulfone groups is 1. The molecule has 106 valence electrons. The molecule has 0 aliphatic heterocycles. The highest BCUT2D eigenvalue weighted by Gasteiger charge is 2.35. The summed E-state index contributed by atoms with van der Waals surface area (Å²) < 4.78 is 24.3.